The van der Waals surface area contributed by atoms with Crippen molar-refractivity contribution in [2.24, 2.45) is 0 Å². The van der Waals surface area contributed by atoms with Crippen molar-refractivity contribution in [3.63, 3.8) is 0 Å². The molecule has 2 aromatic heterocycles. The summed E-state index contributed by atoms with van der Waals surface area (Å²) < 4.78 is 16.6. The van der Waals surface area contributed by atoms with Gasteiger partial charge in [-0.1, -0.05) is 12.1 Å². The third-order valence-electron chi connectivity index (χ3n) is 4.53. The Bertz CT molecular complexity index is 782. The Kier molecular flexibility index (Phi) is 3.02. The van der Waals surface area contributed by atoms with Gasteiger partial charge in [0.2, 0.25) is 0 Å². The molecule has 0 radical (unpaired) electrons. The van der Waals surface area contributed by atoms with Crippen molar-refractivity contribution >= 4 is 0 Å². The van der Waals surface area contributed by atoms with Crippen LogP contribution in [0.4, 0.5) is 4.39 Å². The lowest BCUT2D eigenvalue weighted by molar-refractivity contribution is -0.0552. The molecule has 1 atom stereocenters. The molecule has 23 heavy (non-hydrogen) atoms. The van der Waals surface area contributed by atoms with Crippen molar-refractivity contribution in [2.75, 3.05) is 0 Å². The zero-order valence-corrected chi connectivity index (χ0v) is 12.2. The van der Waals surface area contributed by atoms with E-state index in [0.29, 0.717) is 5.56 Å². The minimum atomic E-state index is -1.30. The van der Waals surface area contributed by atoms with Crippen molar-refractivity contribution in [1.82, 2.24) is 29.5 Å². The van der Waals surface area contributed by atoms with Gasteiger partial charge in [0.1, 0.15) is 36.7 Å². The summed E-state index contributed by atoms with van der Waals surface area (Å²) in [5.41, 5.74) is -1.31. The van der Waals surface area contributed by atoms with E-state index in [9.17, 15) is 9.50 Å². The highest BCUT2D eigenvalue weighted by Gasteiger charge is 2.62. The van der Waals surface area contributed by atoms with Crippen LogP contribution in [0, 0.1) is 5.82 Å². The van der Waals surface area contributed by atoms with Gasteiger partial charge in [0.15, 0.2) is 0 Å². The molecule has 4 rings (SSSR count). The van der Waals surface area contributed by atoms with Crippen LogP contribution in [0.5, 0.6) is 0 Å². The van der Waals surface area contributed by atoms with Crippen molar-refractivity contribution < 1.29 is 9.50 Å². The van der Waals surface area contributed by atoms with E-state index in [1.165, 1.54) is 24.8 Å². The first-order valence-corrected chi connectivity index (χ1v) is 7.30. The second kappa shape index (κ2) is 4.95. The van der Waals surface area contributed by atoms with Crippen LogP contribution >= 0.6 is 0 Å². The first-order chi connectivity index (χ1) is 11.1. The molecule has 118 valence electrons. The molecule has 1 saturated carbocycles. The van der Waals surface area contributed by atoms with Crippen LogP contribution in [-0.4, -0.2) is 34.6 Å². The first-order valence-electron chi connectivity index (χ1n) is 7.30. The molecule has 0 saturated heterocycles. The standard InChI is InChI=1S/C15H15FN6O/c16-13-3-1-12(2-4-13)15(23,7-21-10-17-8-19-21)14(5-6-14)22-11-18-9-20-22/h1-4,8-11,23H,5-7H2. The van der Waals surface area contributed by atoms with E-state index >= 15 is 0 Å². The summed E-state index contributed by atoms with van der Waals surface area (Å²) in [5, 5.41) is 19.9. The fourth-order valence-electron chi connectivity index (χ4n) is 3.16. The van der Waals surface area contributed by atoms with Gasteiger partial charge in [-0.2, -0.15) is 10.2 Å². The molecule has 0 spiro atoms. The third-order valence-corrected chi connectivity index (χ3v) is 4.53. The fourth-order valence-corrected chi connectivity index (χ4v) is 3.16. The fraction of sp³-hybridized carbons (Fsp3) is 0.333. The van der Waals surface area contributed by atoms with Crippen LogP contribution < -0.4 is 0 Å². The van der Waals surface area contributed by atoms with Crippen molar-refractivity contribution in [3.8, 4) is 0 Å². The molecule has 0 bridgehead atoms. The largest absolute Gasteiger partial charge is 0.381 e. The highest BCUT2D eigenvalue weighted by molar-refractivity contribution is 5.30. The van der Waals surface area contributed by atoms with Crippen molar-refractivity contribution in [1.29, 1.82) is 0 Å². The normalized spacial score (nSPS) is 18.5. The van der Waals surface area contributed by atoms with E-state index in [1.54, 1.807) is 34.2 Å². The van der Waals surface area contributed by atoms with E-state index < -0.39 is 11.1 Å². The van der Waals surface area contributed by atoms with Crippen LogP contribution in [0.25, 0.3) is 0 Å². The molecule has 1 aromatic carbocycles. The van der Waals surface area contributed by atoms with E-state index in [4.69, 9.17) is 0 Å². The van der Waals surface area contributed by atoms with Crippen LogP contribution in [-0.2, 0) is 17.7 Å². The van der Waals surface area contributed by atoms with E-state index in [2.05, 4.69) is 20.2 Å². The number of halogens is 1. The zero-order chi connectivity index (χ0) is 15.9. The third kappa shape index (κ3) is 2.14. The minimum absolute atomic E-state index is 0.193. The topological polar surface area (TPSA) is 81.6 Å². The summed E-state index contributed by atoms with van der Waals surface area (Å²) in [5.74, 6) is -0.345. The quantitative estimate of drug-likeness (QED) is 0.762. The lowest BCUT2D eigenvalue weighted by Crippen LogP contribution is -2.47. The summed E-state index contributed by atoms with van der Waals surface area (Å²) in [4.78, 5) is 7.92. The van der Waals surface area contributed by atoms with Crippen molar-refractivity contribution in [3.05, 3.63) is 61.0 Å². The van der Waals surface area contributed by atoms with Gasteiger partial charge in [-0.3, -0.25) is 0 Å². The number of hydrogen-bond donors (Lipinski definition) is 1. The predicted octanol–water partition coefficient (Wildman–Crippen LogP) is 1.09. The van der Waals surface area contributed by atoms with Crippen LogP contribution in [0.3, 0.4) is 0 Å². The summed E-state index contributed by atoms with van der Waals surface area (Å²) in [6, 6.07) is 5.89. The Hall–Kier alpha value is -2.61. The average Bonchev–Trinajstić information content (AvgIpc) is 2.98. The number of nitrogens with zero attached hydrogens (tertiary/aromatic N) is 6. The molecule has 7 nitrogen and oxygen atoms in total. The Morgan fingerprint density at radius 1 is 1.09 bits per heavy atom. The Labute approximate surface area is 131 Å². The maximum absolute atomic E-state index is 13.3. The zero-order valence-electron chi connectivity index (χ0n) is 12.2. The number of rotatable bonds is 5. The number of aliphatic hydroxyl groups is 1. The van der Waals surface area contributed by atoms with Gasteiger partial charge >= 0.3 is 0 Å². The summed E-state index contributed by atoms with van der Waals surface area (Å²) in [6.45, 7) is 0.193. The lowest BCUT2D eigenvalue weighted by Gasteiger charge is -2.37. The predicted molar refractivity (Wildman–Crippen MR) is 77.5 cm³/mol. The van der Waals surface area contributed by atoms with Crippen LogP contribution in [0.2, 0.25) is 0 Å². The molecular weight excluding hydrogens is 299 g/mol. The molecule has 1 aliphatic rings. The van der Waals surface area contributed by atoms with E-state index in [1.807, 2.05) is 0 Å². The molecule has 0 aliphatic heterocycles. The van der Waals surface area contributed by atoms with E-state index in [0.717, 1.165) is 12.8 Å². The van der Waals surface area contributed by atoms with Gasteiger partial charge in [0.25, 0.3) is 0 Å². The van der Waals surface area contributed by atoms with Gasteiger partial charge in [0, 0.05) is 0 Å². The van der Waals surface area contributed by atoms with Gasteiger partial charge in [-0.25, -0.2) is 23.7 Å². The Morgan fingerprint density at radius 2 is 1.78 bits per heavy atom. The molecule has 3 aromatic rings. The number of hydrogen-bond acceptors (Lipinski definition) is 5. The SMILES string of the molecule is OC(Cn1cncn1)(c1ccc(F)cc1)C1(n2cncn2)CC1. The first kappa shape index (κ1) is 14.0. The molecule has 0 amide bonds. The van der Waals surface area contributed by atoms with Gasteiger partial charge in [-0.05, 0) is 30.5 Å². The molecule has 1 aliphatic carbocycles. The lowest BCUT2D eigenvalue weighted by atomic mass is 9.83. The summed E-state index contributed by atoms with van der Waals surface area (Å²) >= 11 is 0. The van der Waals surface area contributed by atoms with Gasteiger partial charge < -0.3 is 5.11 Å². The van der Waals surface area contributed by atoms with Gasteiger partial charge in [-0.15, -0.1) is 0 Å². The maximum atomic E-state index is 13.3. The molecule has 1 unspecified atom stereocenters. The summed E-state index contributed by atoms with van der Waals surface area (Å²) in [6.07, 6.45) is 7.51. The van der Waals surface area contributed by atoms with Gasteiger partial charge in [0.05, 0.1) is 12.1 Å². The van der Waals surface area contributed by atoms with E-state index in [-0.39, 0.29) is 12.4 Å². The highest BCUT2D eigenvalue weighted by atomic mass is 19.1. The maximum Gasteiger partial charge on any atom is 0.137 e. The number of aromatic nitrogens is 6. The van der Waals surface area contributed by atoms with Crippen LogP contribution in [0.15, 0.2) is 49.6 Å². The molecule has 8 heteroatoms. The average molecular weight is 314 g/mol. The Balaban J connectivity index is 1.82. The smallest absolute Gasteiger partial charge is 0.137 e. The number of benzene rings is 1. The monoisotopic (exact) mass is 314 g/mol. The van der Waals surface area contributed by atoms with Crippen molar-refractivity contribution in [2.45, 2.75) is 30.5 Å². The molecule has 1 N–H and O–H groups in total. The van der Waals surface area contributed by atoms with Crippen LogP contribution in [0.1, 0.15) is 18.4 Å². The summed E-state index contributed by atoms with van der Waals surface area (Å²) in [7, 11) is 0. The molecular formula is C15H15FN6O. The Morgan fingerprint density at radius 3 is 2.35 bits per heavy atom. The molecule has 2 heterocycles. The minimum Gasteiger partial charge on any atom is -0.381 e. The highest BCUT2D eigenvalue weighted by Crippen LogP contribution is 2.56. The molecule has 1 fully saturated rings. The second-order valence-electron chi connectivity index (χ2n) is 5.83. The second-order valence-corrected chi connectivity index (χ2v) is 5.83.